The van der Waals surface area contributed by atoms with Crippen LogP contribution in [0, 0.1) is 0 Å². The average molecular weight is 454 g/mol. The lowest BCUT2D eigenvalue weighted by atomic mass is 10.1. The Hall–Kier alpha value is -2.24. The van der Waals surface area contributed by atoms with Gasteiger partial charge in [-0.2, -0.15) is 0 Å². The number of carbonyl (C=O) groups excluding carboxylic acids is 2. The standard InChI is InChI=1S/C20H12Cl4N2O2/c21-13-6-2-7-14(22)17(13)25-19(27)11-4-1-5-12(10-11)20(28)26-18-15(23)8-3-9-16(18)24/h1-10H,(H,25,27)(H,26,28). The molecule has 8 heteroatoms. The van der Waals surface area contributed by atoms with Crippen molar-refractivity contribution >= 4 is 69.6 Å². The van der Waals surface area contributed by atoms with Crippen LogP contribution < -0.4 is 10.6 Å². The van der Waals surface area contributed by atoms with Crippen LogP contribution in [-0.4, -0.2) is 11.8 Å². The minimum atomic E-state index is -0.458. The van der Waals surface area contributed by atoms with Gasteiger partial charge < -0.3 is 10.6 Å². The number of para-hydroxylation sites is 2. The Morgan fingerprint density at radius 3 is 1.25 bits per heavy atom. The van der Waals surface area contributed by atoms with Gasteiger partial charge in [-0.1, -0.05) is 64.6 Å². The average Bonchev–Trinajstić information content (AvgIpc) is 2.67. The Bertz CT molecular complexity index is 949. The maximum Gasteiger partial charge on any atom is 0.255 e. The molecule has 0 aliphatic heterocycles. The van der Waals surface area contributed by atoms with Gasteiger partial charge in [0.2, 0.25) is 0 Å². The Balaban J connectivity index is 1.82. The van der Waals surface area contributed by atoms with Gasteiger partial charge in [0.05, 0.1) is 31.5 Å². The normalized spacial score (nSPS) is 10.4. The lowest BCUT2D eigenvalue weighted by molar-refractivity contribution is 0.102. The molecule has 0 aliphatic rings. The molecule has 28 heavy (non-hydrogen) atoms. The largest absolute Gasteiger partial charge is 0.319 e. The first kappa shape index (κ1) is 20.5. The quantitative estimate of drug-likeness (QED) is 0.456. The van der Waals surface area contributed by atoms with E-state index in [4.69, 9.17) is 46.4 Å². The molecule has 142 valence electrons. The van der Waals surface area contributed by atoms with E-state index in [9.17, 15) is 9.59 Å². The predicted molar refractivity (Wildman–Crippen MR) is 115 cm³/mol. The number of amides is 2. The maximum absolute atomic E-state index is 12.6. The van der Waals surface area contributed by atoms with Crippen LogP contribution in [0.2, 0.25) is 20.1 Å². The number of benzene rings is 3. The van der Waals surface area contributed by atoms with E-state index in [-0.39, 0.29) is 11.1 Å². The molecule has 0 atom stereocenters. The number of halogens is 4. The summed E-state index contributed by atoms with van der Waals surface area (Å²) in [5.41, 5.74) is 1.12. The van der Waals surface area contributed by atoms with Gasteiger partial charge in [0.25, 0.3) is 11.8 Å². The Morgan fingerprint density at radius 1 is 0.571 bits per heavy atom. The third kappa shape index (κ3) is 4.59. The number of hydrogen-bond acceptors (Lipinski definition) is 2. The fraction of sp³-hybridized carbons (Fsp3) is 0. The molecule has 4 nitrogen and oxygen atoms in total. The lowest BCUT2D eigenvalue weighted by Gasteiger charge is -2.11. The van der Waals surface area contributed by atoms with Crippen LogP contribution in [0.25, 0.3) is 0 Å². The Kier molecular flexibility index (Phi) is 6.47. The van der Waals surface area contributed by atoms with Crippen LogP contribution in [0.4, 0.5) is 11.4 Å². The molecule has 0 aliphatic carbocycles. The fourth-order valence-electron chi connectivity index (χ4n) is 2.41. The van der Waals surface area contributed by atoms with E-state index in [1.807, 2.05) is 0 Å². The van der Waals surface area contributed by atoms with E-state index in [0.717, 1.165) is 0 Å². The van der Waals surface area contributed by atoms with Crippen LogP contribution in [0.15, 0.2) is 60.7 Å². The highest BCUT2D eigenvalue weighted by molar-refractivity contribution is 6.40. The van der Waals surface area contributed by atoms with Gasteiger partial charge in [-0.15, -0.1) is 0 Å². The fourth-order valence-corrected chi connectivity index (χ4v) is 3.39. The number of rotatable bonds is 4. The van der Waals surface area contributed by atoms with Crippen molar-refractivity contribution in [3.8, 4) is 0 Å². The smallest absolute Gasteiger partial charge is 0.255 e. The molecular formula is C20H12Cl4N2O2. The molecule has 0 spiro atoms. The van der Waals surface area contributed by atoms with Crippen molar-refractivity contribution in [1.82, 2.24) is 0 Å². The molecule has 0 saturated carbocycles. The van der Waals surface area contributed by atoms with E-state index in [1.165, 1.54) is 6.07 Å². The first-order chi connectivity index (χ1) is 13.4. The zero-order valence-electron chi connectivity index (χ0n) is 14.1. The Labute approximate surface area is 181 Å². The van der Waals surface area contributed by atoms with E-state index in [1.54, 1.807) is 54.6 Å². The topological polar surface area (TPSA) is 58.2 Å². The third-order valence-corrected chi connectivity index (χ3v) is 5.05. The van der Waals surface area contributed by atoms with Gasteiger partial charge in [0.1, 0.15) is 0 Å². The summed E-state index contributed by atoms with van der Waals surface area (Å²) >= 11 is 24.3. The SMILES string of the molecule is O=C(Nc1c(Cl)cccc1Cl)c1cccc(C(=O)Nc2c(Cl)cccc2Cl)c1. The van der Waals surface area contributed by atoms with Crippen LogP contribution >= 0.6 is 46.4 Å². The molecule has 0 aromatic heterocycles. The minimum Gasteiger partial charge on any atom is -0.319 e. The maximum atomic E-state index is 12.6. The van der Waals surface area contributed by atoms with E-state index >= 15 is 0 Å². The molecule has 3 aromatic rings. The molecule has 0 fully saturated rings. The highest BCUT2D eigenvalue weighted by Gasteiger charge is 2.15. The van der Waals surface area contributed by atoms with Gasteiger partial charge in [-0.25, -0.2) is 0 Å². The summed E-state index contributed by atoms with van der Waals surface area (Å²) in [5.74, 6) is -0.916. The van der Waals surface area contributed by atoms with Crippen LogP contribution in [0.5, 0.6) is 0 Å². The summed E-state index contributed by atoms with van der Waals surface area (Å²) in [5, 5.41) is 6.54. The molecule has 0 saturated heterocycles. The molecule has 0 unspecified atom stereocenters. The molecule has 0 radical (unpaired) electrons. The lowest BCUT2D eigenvalue weighted by Crippen LogP contribution is -2.16. The monoisotopic (exact) mass is 452 g/mol. The predicted octanol–water partition coefficient (Wildman–Crippen LogP) is 6.80. The zero-order valence-corrected chi connectivity index (χ0v) is 17.1. The molecule has 2 N–H and O–H groups in total. The van der Waals surface area contributed by atoms with Gasteiger partial charge in [0, 0.05) is 11.1 Å². The second-order valence-corrected chi connectivity index (χ2v) is 7.31. The van der Waals surface area contributed by atoms with Crippen molar-refractivity contribution in [3.63, 3.8) is 0 Å². The van der Waals surface area contributed by atoms with Gasteiger partial charge in [0.15, 0.2) is 0 Å². The molecule has 3 aromatic carbocycles. The molecule has 3 rings (SSSR count). The highest BCUT2D eigenvalue weighted by atomic mass is 35.5. The first-order valence-corrected chi connectivity index (χ1v) is 9.49. The first-order valence-electron chi connectivity index (χ1n) is 7.97. The van der Waals surface area contributed by atoms with Crippen molar-refractivity contribution in [3.05, 3.63) is 91.9 Å². The molecule has 0 bridgehead atoms. The molecule has 2 amide bonds. The summed E-state index contributed by atoms with van der Waals surface area (Å²) in [4.78, 5) is 25.1. The van der Waals surface area contributed by atoms with Crippen molar-refractivity contribution < 1.29 is 9.59 Å². The highest BCUT2D eigenvalue weighted by Crippen LogP contribution is 2.31. The summed E-state index contributed by atoms with van der Waals surface area (Å²) in [6, 6.07) is 16.0. The molecule has 0 heterocycles. The van der Waals surface area contributed by atoms with Crippen molar-refractivity contribution in [2.75, 3.05) is 10.6 Å². The van der Waals surface area contributed by atoms with Crippen molar-refractivity contribution in [2.24, 2.45) is 0 Å². The summed E-state index contributed by atoms with van der Waals surface area (Å²) in [7, 11) is 0. The van der Waals surface area contributed by atoms with Gasteiger partial charge in [-0.05, 0) is 42.5 Å². The van der Waals surface area contributed by atoms with Crippen LogP contribution in [0.3, 0.4) is 0 Å². The summed E-state index contributed by atoms with van der Waals surface area (Å²) < 4.78 is 0. The summed E-state index contributed by atoms with van der Waals surface area (Å²) in [6.45, 7) is 0. The summed E-state index contributed by atoms with van der Waals surface area (Å²) in [6.07, 6.45) is 0. The zero-order chi connectivity index (χ0) is 20.3. The minimum absolute atomic E-state index is 0.258. The van der Waals surface area contributed by atoms with Crippen LogP contribution in [-0.2, 0) is 0 Å². The van der Waals surface area contributed by atoms with E-state index in [2.05, 4.69) is 10.6 Å². The van der Waals surface area contributed by atoms with E-state index in [0.29, 0.717) is 31.5 Å². The van der Waals surface area contributed by atoms with Crippen molar-refractivity contribution in [2.45, 2.75) is 0 Å². The van der Waals surface area contributed by atoms with E-state index < -0.39 is 11.8 Å². The second kappa shape index (κ2) is 8.84. The number of hydrogen-bond donors (Lipinski definition) is 2. The number of nitrogens with one attached hydrogen (secondary N) is 2. The van der Waals surface area contributed by atoms with Gasteiger partial charge in [-0.3, -0.25) is 9.59 Å². The second-order valence-electron chi connectivity index (χ2n) is 5.68. The van der Waals surface area contributed by atoms with Crippen LogP contribution in [0.1, 0.15) is 20.7 Å². The third-order valence-electron chi connectivity index (χ3n) is 3.79. The number of carbonyl (C=O) groups is 2. The van der Waals surface area contributed by atoms with Crippen molar-refractivity contribution in [1.29, 1.82) is 0 Å². The Morgan fingerprint density at radius 2 is 0.893 bits per heavy atom. The van der Waals surface area contributed by atoms with Gasteiger partial charge >= 0.3 is 0 Å². The molecular weight excluding hydrogens is 442 g/mol. The number of anilines is 2.